The number of nitrogens with zero attached hydrogens (tertiary/aromatic N) is 2. The Hall–Kier alpha value is -3.17. The SMILES string of the molecule is COCCCCOc1cccc(COc2nccnc2NS(=O)(=O)c2ccc(C)cc2)c1. The molecule has 3 aromatic rings. The summed E-state index contributed by atoms with van der Waals surface area (Å²) >= 11 is 0. The summed E-state index contributed by atoms with van der Waals surface area (Å²) < 4.78 is 44.4. The molecule has 0 atom stereocenters. The van der Waals surface area contributed by atoms with Gasteiger partial charge in [0, 0.05) is 26.1 Å². The molecule has 0 bridgehead atoms. The first-order chi connectivity index (χ1) is 15.5. The van der Waals surface area contributed by atoms with E-state index in [0.717, 1.165) is 29.7 Å². The zero-order valence-electron chi connectivity index (χ0n) is 18.2. The Labute approximate surface area is 188 Å². The molecule has 1 heterocycles. The van der Waals surface area contributed by atoms with Crippen LogP contribution in [0.15, 0.2) is 65.8 Å². The predicted octanol–water partition coefficient (Wildman–Crippen LogP) is 3.97. The van der Waals surface area contributed by atoms with Crippen LogP contribution in [0.5, 0.6) is 11.6 Å². The van der Waals surface area contributed by atoms with E-state index < -0.39 is 10.0 Å². The number of hydrogen-bond donors (Lipinski definition) is 1. The Balaban J connectivity index is 1.63. The fourth-order valence-corrected chi connectivity index (χ4v) is 3.83. The van der Waals surface area contributed by atoms with Crippen molar-refractivity contribution in [3.05, 3.63) is 72.1 Å². The van der Waals surface area contributed by atoms with E-state index in [1.54, 1.807) is 19.2 Å². The quantitative estimate of drug-likeness (QED) is 0.411. The van der Waals surface area contributed by atoms with E-state index in [0.29, 0.717) is 13.2 Å². The third-order valence-corrected chi connectivity index (χ3v) is 5.87. The maximum Gasteiger partial charge on any atom is 0.263 e. The number of hydrogen-bond acceptors (Lipinski definition) is 7. The summed E-state index contributed by atoms with van der Waals surface area (Å²) in [5.74, 6) is 0.857. The second-order valence-corrected chi connectivity index (χ2v) is 8.80. The van der Waals surface area contributed by atoms with Crippen molar-refractivity contribution in [3.63, 3.8) is 0 Å². The highest BCUT2D eigenvalue weighted by atomic mass is 32.2. The van der Waals surface area contributed by atoms with E-state index in [2.05, 4.69) is 14.7 Å². The lowest BCUT2D eigenvalue weighted by molar-refractivity contribution is 0.184. The molecule has 0 aliphatic rings. The number of ether oxygens (including phenoxy) is 3. The second kappa shape index (κ2) is 11.4. The number of rotatable bonds is 12. The Morgan fingerprint density at radius 1 is 0.938 bits per heavy atom. The third kappa shape index (κ3) is 6.93. The molecule has 2 aromatic carbocycles. The van der Waals surface area contributed by atoms with Gasteiger partial charge in [-0.05, 0) is 49.6 Å². The summed E-state index contributed by atoms with van der Waals surface area (Å²) in [6.45, 7) is 3.38. The smallest absolute Gasteiger partial charge is 0.263 e. The van der Waals surface area contributed by atoms with Gasteiger partial charge < -0.3 is 14.2 Å². The van der Waals surface area contributed by atoms with Crippen molar-refractivity contribution < 1.29 is 22.6 Å². The number of unbranched alkanes of at least 4 members (excludes halogenated alkanes) is 1. The molecule has 32 heavy (non-hydrogen) atoms. The van der Waals surface area contributed by atoms with Gasteiger partial charge in [-0.1, -0.05) is 29.8 Å². The zero-order valence-corrected chi connectivity index (χ0v) is 19.0. The minimum Gasteiger partial charge on any atom is -0.494 e. The minimum absolute atomic E-state index is 0.0265. The molecule has 1 N–H and O–H groups in total. The lowest BCUT2D eigenvalue weighted by Gasteiger charge is -2.12. The molecule has 0 aliphatic heterocycles. The van der Waals surface area contributed by atoms with Gasteiger partial charge in [0.2, 0.25) is 5.82 Å². The van der Waals surface area contributed by atoms with Gasteiger partial charge in [-0.15, -0.1) is 0 Å². The maximum atomic E-state index is 12.7. The zero-order chi connectivity index (χ0) is 22.8. The van der Waals surface area contributed by atoms with Crippen LogP contribution in [0.1, 0.15) is 24.0 Å². The van der Waals surface area contributed by atoms with E-state index in [-0.39, 0.29) is 23.2 Å². The summed E-state index contributed by atoms with van der Waals surface area (Å²) in [4.78, 5) is 8.35. The topological polar surface area (TPSA) is 99.6 Å². The molecule has 3 rings (SSSR count). The van der Waals surface area contributed by atoms with Crippen LogP contribution in [0.25, 0.3) is 0 Å². The van der Waals surface area contributed by atoms with Crippen molar-refractivity contribution in [1.29, 1.82) is 0 Å². The van der Waals surface area contributed by atoms with Gasteiger partial charge in [0.25, 0.3) is 15.9 Å². The monoisotopic (exact) mass is 457 g/mol. The van der Waals surface area contributed by atoms with Gasteiger partial charge in [-0.3, -0.25) is 4.72 Å². The van der Waals surface area contributed by atoms with Crippen LogP contribution in [0.4, 0.5) is 5.82 Å². The van der Waals surface area contributed by atoms with Gasteiger partial charge in [0.05, 0.1) is 11.5 Å². The van der Waals surface area contributed by atoms with Crippen molar-refractivity contribution in [3.8, 4) is 11.6 Å². The molecule has 0 fully saturated rings. The third-order valence-electron chi connectivity index (χ3n) is 4.51. The highest BCUT2D eigenvalue weighted by Gasteiger charge is 2.18. The molecule has 0 saturated heterocycles. The average molecular weight is 458 g/mol. The number of methoxy groups -OCH3 is 1. The van der Waals surface area contributed by atoms with Gasteiger partial charge in [0.15, 0.2) is 0 Å². The van der Waals surface area contributed by atoms with Crippen LogP contribution in [0.3, 0.4) is 0 Å². The van der Waals surface area contributed by atoms with Crippen LogP contribution >= 0.6 is 0 Å². The molecular formula is C23H27N3O5S. The van der Waals surface area contributed by atoms with Crippen molar-refractivity contribution in [1.82, 2.24) is 9.97 Å². The lowest BCUT2D eigenvalue weighted by Crippen LogP contribution is -2.15. The first-order valence-corrected chi connectivity index (χ1v) is 11.7. The second-order valence-electron chi connectivity index (χ2n) is 7.11. The Morgan fingerprint density at radius 3 is 2.47 bits per heavy atom. The van der Waals surface area contributed by atoms with Crippen LogP contribution in [0.2, 0.25) is 0 Å². The normalized spacial score (nSPS) is 11.2. The molecule has 1 aromatic heterocycles. The number of aryl methyl sites for hydroxylation is 1. The van der Waals surface area contributed by atoms with E-state index in [4.69, 9.17) is 14.2 Å². The molecule has 8 nitrogen and oxygen atoms in total. The number of aromatic nitrogens is 2. The lowest BCUT2D eigenvalue weighted by atomic mass is 10.2. The van der Waals surface area contributed by atoms with Gasteiger partial charge in [-0.2, -0.15) is 0 Å². The number of anilines is 1. The highest BCUT2D eigenvalue weighted by Crippen LogP contribution is 2.23. The van der Waals surface area contributed by atoms with E-state index >= 15 is 0 Å². The van der Waals surface area contributed by atoms with E-state index in [9.17, 15) is 8.42 Å². The van der Waals surface area contributed by atoms with Crippen LogP contribution in [-0.4, -0.2) is 38.7 Å². The molecule has 9 heteroatoms. The first-order valence-electron chi connectivity index (χ1n) is 10.2. The number of benzene rings is 2. The fourth-order valence-electron chi connectivity index (χ4n) is 2.82. The highest BCUT2D eigenvalue weighted by molar-refractivity contribution is 7.92. The average Bonchev–Trinajstić information content (AvgIpc) is 2.79. The van der Waals surface area contributed by atoms with Crippen LogP contribution in [-0.2, 0) is 21.4 Å². The first kappa shape index (κ1) is 23.5. The van der Waals surface area contributed by atoms with Crippen molar-refractivity contribution >= 4 is 15.8 Å². The molecule has 0 spiro atoms. The van der Waals surface area contributed by atoms with Gasteiger partial charge in [-0.25, -0.2) is 18.4 Å². The van der Waals surface area contributed by atoms with Crippen LogP contribution in [0, 0.1) is 6.92 Å². The largest absolute Gasteiger partial charge is 0.494 e. The summed E-state index contributed by atoms with van der Waals surface area (Å²) in [7, 11) is -2.14. The predicted molar refractivity (Wildman–Crippen MR) is 121 cm³/mol. The van der Waals surface area contributed by atoms with E-state index in [1.165, 1.54) is 24.5 Å². The number of nitrogens with one attached hydrogen (secondary N) is 1. The van der Waals surface area contributed by atoms with Crippen molar-refractivity contribution in [2.45, 2.75) is 31.3 Å². The standard InChI is InChI=1S/C23H27N3O5S/c1-18-8-10-21(11-9-18)32(27,28)26-22-23(25-13-12-24-22)31-17-19-6-5-7-20(16-19)30-15-4-3-14-29-2/h5-13,16H,3-4,14-15,17H2,1-2H3,(H,24,26). The maximum absolute atomic E-state index is 12.7. The molecule has 0 unspecified atom stereocenters. The fraction of sp³-hybridized carbons (Fsp3) is 0.304. The molecule has 0 amide bonds. The summed E-state index contributed by atoms with van der Waals surface area (Å²) in [6.07, 6.45) is 4.68. The van der Waals surface area contributed by atoms with Gasteiger partial charge in [0.1, 0.15) is 12.4 Å². The Bertz CT molecular complexity index is 1100. The molecule has 0 radical (unpaired) electrons. The molecule has 170 valence electrons. The number of sulfonamides is 1. The van der Waals surface area contributed by atoms with Gasteiger partial charge >= 0.3 is 0 Å². The Morgan fingerprint density at radius 2 is 1.69 bits per heavy atom. The minimum atomic E-state index is -3.82. The van der Waals surface area contributed by atoms with Crippen LogP contribution < -0.4 is 14.2 Å². The van der Waals surface area contributed by atoms with Crippen molar-refractivity contribution in [2.24, 2.45) is 0 Å². The summed E-state index contributed by atoms with van der Waals surface area (Å²) in [5.41, 5.74) is 1.83. The summed E-state index contributed by atoms with van der Waals surface area (Å²) in [6, 6.07) is 14.1. The van der Waals surface area contributed by atoms with Crippen molar-refractivity contribution in [2.75, 3.05) is 25.0 Å². The Kier molecular flexibility index (Phi) is 8.41. The summed E-state index contributed by atoms with van der Waals surface area (Å²) in [5, 5.41) is 0. The van der Waals surface area contributed by atoms with E-state index in [1.807, 2.05) is 31.2 Å². The molecule has 0 saturated carbocycles. The molecule has 0 aliphatic carbocycles. The molecular weight excluding hydrogens is 430 g/mol.